The third-order valence-corrected chi connectivity index (χ3v) is 8.10. The quantitative estimate of drug-likeness (QED) is 0.170. The normalized spacial score (nSPS) is 14.4. The molecule has 47 heavy (non-hydrogen) atoms. The lowest BCUT2D eigenvalue weighted by atomic mass is 9.98. The summed E-state index contributed by atoms with van der Waals surface area (Å²) < 4.78 is 7.80. The fourth-order valence-corrected chi connectivity index (χ4v) is 5.66. The summed E-state index contributed by atoms with van der Waals surface area (Å²) in [6, 6.07) is 18.1. The van der Waals surface area contributed by atoms with Gasteiger partial charge in [-0.25, -0.2) is 20.0 Å². The molecule has 0 saturated carbocycles. The molecule has 1 fully saturated rings. The van der Waals surface area contributed by atoms with E-state index in [9.17, 15) is 4.79 Å². The van der Waals surface area contributed by atoms with E-state index in [0.29, 0.717) is 35.4 Å². The van der Waals surface area contributed by atoms with Crippen LogP contribution in [0, 0.1) is 0 Å². The number of methoxy groups -OCH3 is 1. The van der Waals surface area contributed by atoms with E-state index in [0.717, 1.165) is 47.5 Å². The van der Waals surface area contributed by atoms with E-state index in [1.54, 1.807) is 7.11 Å². The maximum Gasteiger partial charge on any atom is 0.247 e. The molecule has 4 heterocycles. The monoisotopic (exact) mass is 633 g/mol. The number of carbonyl (C=O) groups is 1. The Morgan fingerprint density at radius 2 is 1.94 bits per heavy atom. The number of likely N-dealkylation sites (N-methyl/N-ethyl adjacent to an activating group) is 2. The standard InChI is InChI=1S/C35H39N9O3/c1-6-34(45)40-27-20-28(31(46-5)21-30(27)42(4)17-16-41(2)3)39-32-22-33(38-23-37-32)44-29(12-18-47-44)25-10-7-9-24(19-25)26-11-8-14-43-15-13-36-35(26)43/h6-11,13-15,19-23,29H,1,12,16-18H2,2-5H3,(H,40,45)(H,37,38,39). The maximum atomic E-state index is 12.4. The smallest absolute Gasteiger partial charge is 0.247 e. The first kappa shape index (κ1) is 31.5. The van der Waals surface area contributed by atoms with Crippen LogP contribution in [0.25, 0.3) is 16.8 Å². The van der Waals surface area contributed by atoms with E-state index in [-0.39, 0.29) is 11.9 Å². The third-order valence-electron chi connectivity index (χ3n) is 8.10. The molecule has 1 atom stereocenters. The van der Waals surface area contributed by atoms with Crippen molar-refractivity contribution in [3.8, 4) is 16.9 Å². The zero-order chi connectivity index (χ0) is 32.9. The summed E-state index contributed by atoms with van der Waals surface area (Å²) in [5.41, 5.74) is 6.21. The number of hydrogen-bond donors (Lipinski definition) is 2. The second-order valence-corrected chi connectivity index (χ2v) is 11.5. The van der Waals surface area contributed by atoms with E-state index in [2.05, 4.69) is 72.3 Å². The van der Waals surface area contributed by atoms with Crippen LogP contribution >= 0.6 is 0 Å². The number of nitrogens with zero attached hydrogens (tertiary/aromatic N) is 7. The Kier molecular flexibility index (Phi) is 9.32. The van der Waals surface area contributed by atoms with Crippen molar-refractivity contribution in [2.45, 2.75) is 12.5 Å². The molecule has 0 spiro atoms. The number of pyridine rings is 1. The number of hydrogen-bond acceptors (Lipinski definition) is 10. The lowest BCUT2D eigenvalue weighted by molar-refractivity contribution is -0.111. The number of nitrogens with one attached hydrogen (secondary N) is 2. The number of aromatic nitrogens is 4. The van der Waals surface area contributed by atoms with Crippen LogP contribution in [0.1, 0.15) is 18.0 Å². The molecule has 1 unspecified atom stereocenters. The van der Waals surface area contributed by atoms with Gasteiger partial charge < -0.3 is 29.6 Å². The van der Waals surface area contributed by atoms with Gasteiger partial charge in [0.1, 0.15) is 23.5 Å². The molecule has 0 aliphatic carbocycles. The minimum Gasteiger partial charge on any atom is -0.494 e. The predicted octanol–water partition coefficient (Wildman–Crippen LogP) is 5.55. The SMILES string of the molecule is C=CC(=O)Nc1cc(Nc2cc(N3OCCC3c3cccc(-c4cccn5ccnc45)c3)ncn2)c(OC)cc1N(C)CCN(C)C. The molecular formula is C35H39N9O3. The van der Waals surface area contributed by atoms with Gasteiger partial charge in [0.2, 0.25) is 5.91 Å². The lowest BCUT2D eigenvalue weighted by Gasteiger charge is -2.26. The highest BCUT2D eigenvalue weighted by molar-refractivity contribution is 6.02. The van der Waals surface area contributed by atoms with E-state index < -0.39 is 0 Å². The van der Waals surface area contributed by atoms with Crippen LogP contribution < -0.4 is 25.3 Å². The van der Waals surface area contributed by atoms with Gasteiger partial charge in [0, 0.05) is 62.8 Å². The zero-order valence-corrected chi connectivity index (χ0v) is 27.1. The Hall–Kier alpha value is -5.46. The van der Waals surface area contributed by atoms with Gasteiger partial charge in [0.05, 0.1) is 36.8 Å². The van der Waals surface area contributed by atoms with Crippen LogP contribution in [0.15, 0.2) is 92.2 Å². The minimum absolute atomic E-state index is 0.0515. The largest absolute Gasteiger partial charge is 0.494 e. The highest BCUT2D eigenvalue weighted by Crippen LogP contribution is 2.40. The fraction of sp³-hybridized carbons (Fsp3) is 0.257. The Bertz CT molecular complexity index is 1890. The molecule has 1 aliphatic rings. The molecule has 0 bridgehead atoms. The Morgan fingerprint density at radius 1 is 1.06 bits per heavy atom. The number of fused-ring (bicyclic) bond motifs is 1. The van der Waals surface area contributed by atoms with Crippen LogP contribution in [0.5, 0.6) is 5.75 Å². The van der Waals surface area contributed by atoms with Crippen LogP contribution in [0.3, 0.4) is 0 Å². The number of anilines is 5. The first-order valence-corrected chi connectivity index (χ1v) is 15.4. The highest BCUT2D eigenvalue weighted by atomic mass is 16.7. The molecule has 0 radical (unpaired) electrons. The van der Waals surface area contributed by atoms with Crippen molar-refractivity contribution in [1.29, 1.82) is 0 Å². The highest BCUT2D eigenvalue weighted by Gasteiger charge is 2.30. The molecule has 242 valence electrons. The van der Waals surface area contributed by atoms with Gasteiger partial charge in [-0.1, -0.05) is 24.8 Å². The third kappa shape index (κ3) is 6.88. The maximum absolute atomic E-state index is 12.4. The van der Waals surface area contributed by atoms with Crippen molar-refractivity contribution >= 4 is 40.3 Å². The van der Waals surface area contributed by atoms with Gasteiger partial charge >= 0.3 is 0 Å². The first-order chi connectivity index (χ1) is 22.8. The molecule has 1 saturated heterocycles. The molecule has 2 N–H and O–H groups in total. The molecule has 1 aliphatic heterocycles. The van der Waals surface area contributed by atoms with E-state index >= 15 is 0 Å². The molecular weight excluding hydrogens is 594 g/mol. The summed E-state index contributed by atoms with van der Waals surface area (Å²) in [5.74, 6) is 1.44. The Labute approximate surface area is 274 Å². The average molecular weight is 634 g/mol. The van der Waals surface area contributed by atoms with Gasteiger partial charge in [-0.2, -0.15) is 0 Å². The van der Waals surface area contributed by atoms with Gasteiger partial charge in [0.25, 0.3) is 0 Å². The minimum atomic E-state index is -0.310. The second kappa shape index (κ2) is 13.9. The summed E-state index contributed by atoms with van der Waals surface area (Å²) in [6.07, 6.45) is 9.30. The number of rotatable bonds is 12. The van der Waals surface area contributed by atoms with Gasteiger partial charge in [-0.3, -0.25) is 9.63 Å². The van der Waals surface area contributed by atoms with E-state index in [1.807, 2.05) is 73.5 Å². The van der Waals surface area contributed by atoms with Crippen LogP contribution in [-0.2, 0) is 9.63 Å². The first-order valence-electron chi connectivity index (χ1n) is 15.4. The summed E-state index contributed by atoms with van der Waals surface area (Å²) >= 11 is 0. The number of benzene rings is 2. The van der Waals surface area contributed by atoms with E-state index in [4.69, 9.17) is 9.57 Å². The Morgan fingerprint density at radius 3 is 2.74 bits per heavy atom. The fourth-order valence-electron chi connectivity index (χ4n) is 5.66. The molecule has 2 aromatic carbocycles. The van der Waals surface area contributed by atoms with Crippen molar-refractivity contribution in [3.63, 3.8) is 0 Å². The van der Waals surface area contributed by atoms with Crippen LogP contribution in [0.2, 0.25) is 0 Å². The summed E-state index contributed by atoms with van der Waals surface area (Å²) in [7, 11) is 7.63. The number of ether oxygens (including phenoxy) is 1. The number of amides is 1. The summed E-state index contributed by atoms with van der Waals surface area (Å²) in [5, 5.41) is 8.15. The molecule has 12 nitrogen and oxygen atoms in total. The van der Waals surface area contributed by atoms with Crippen molar-refractivity contribution in [2.24, 2.45) is 0 Å². The molecule has 5 aromatic rings. The summed E-state index contributed by atoms with van der Waals surface area (Å²) in [4.78, 5) is 36.3. The predicted molar refractivity (Wildman–Crippen MR) is 185 cm³/mol. The van der Waals surface area contributed by atoms with Crippen LogP contribution in [0.4, 0.5) is 28.7 Å². The van der Waals surface area contributed by atoms with Gasteiger partial charge in [0.15, 0.2) is 5.82 Å². The lowest BCUT2D eigenvalue weighted by Crippen LogP contribution is -2.29. The van der Waals surface area contributed by atoms with Crippen molar-refractivity contribution in [3.05, 3.63) is 97.7 Å². The topological polar surface area (TPSA) is 112 Å². The number of imidazole rings is 1. The molecule has 12 heteroatoms. The molecule has 1 amide bonds. The van der Waals surface area contributed by atoms with E-state index in [1.165, 1.54) is 12.4 Å². The number of hydroxylamine groups is 1. The Balaban J connectivity index is 1.28. The summed E-state index contributed by atoms with van der Waals surface area (Å²) in [6.45, 7) is 5.75. The second-order valence-electron chi connectivity index (χ2n) is 11.5. The zero-order valence-electron chi connectivity index (χ0n) is 27.1. The molecule has 6 rings (SSSR count). The van der Waals surface area contributed by atoms with Gasteiger partial charge in [-0.05, 0) is 55.6 Å². The van der Waals surface area contributed by atoms with Crippen molar-refractivity contribution in [1.82, 2.24) is 24.3 Å². The van der Waals surface area contributed by atoms with Crippen molar-refractivity contribution in [2.75, 3.05) is 68.5 Å². The average Bonchev–Trinajstić information content (AvgIpc) is 3.78. The van der Waals surface area contributed by atoms with Crippen molar-refractivity contribution < 1.29 is 14.4 Å². The molecule has 3 aromatic heterocycles. The van der Waals surface area contributed by atoms with Gasteiger partial charge in [-0.15, -0.1) is 0 Å². The number of carbonyl (C=O) groups excluding carboxylic acids is 1. The van der Waals surface area contributed by atoms with Crippen LogP contribution in [-0.4, -0.2) is 78.1 Å².